The fourth-order valence-electron chi connectivity index (χ4n) is 2.86. The average Bonchev–Trinajstić information content (AvgIpc) is 2.87. The zero-order valence-corrected chi connectivity index (χ0v) is 11.3. The van der Waals surface area contributed by atoms with Gasteiger partial charge in [0.05, 0.1) is 24.5 Å². The summed E-state index contributed by atoms with van der Waals surface area (Å²) in [6.07, 6.45) is 5.47. The van der Waals surface area contributed by atoms with E-state index in [4.69, 9.17) is 5.73 Å². The third-order valence-corrected chi connectivity index (χ3v) is 3.68. The van der Waals surface area contributed by atoms with Crippen molar-refractivity contribution < 1.29 is 5.11 Å². The van der Waals surface area contributed by atoms with Crippen LogP contribution in [0, 0.1) is 5.92 Å². The summed E-state index contributed by atoms with van der Waals surface area (Å²) in [5.74, 6) is 0.653. The lowest BCUT2D eigenvalue weighted by Crippen LogP contribution is -2.40. The van der Waals surface area contributed by atoms with Gasteiger partial charge in [-0.05, 0) is 25.3 Å². The van der Waals surface area contributed by atoms with E-state index >= 15 is 0 Å². The molecule has 2 rings (SSSR count). The third kappa shape index (κ3) is 3.23. The van der Waals surface area contributed by atoms with Gasteiger partial charge in [0, 0.05) is 18.8 Å². The zero-order valence-electron chi connectivity index (χ0n) is 11.3. The number of aliphatic hydroxyl groups is 1. The van der Waals surface area contributed by atoms with Crippen LogP contribution in [0.2, 0.25) is 0 Å². The number of rotatable bonds is 5. The molecule has 1 aromatic rings. The van der Waals surface area contributed by atoms with E-state index < -0.39 is 0 Å². The van der Waals surface area contributed by atoms with E-state index in [1.165, 1.54) is 12.8 Å². The molecule has 0 aromatic carbocycles. The number of hydrogen-bond acceptors (Lipinski definition) is 4. The number of nitrogen functional groups attached to an aromatic ring is 1. The Hall–Kier alpha value is -1.07. The summed E-state index contributed by atoms with van der Waals surface area (Å²) < 4.78 is 1.71. The maximum absolute atomic E-state index is 10.1. The Kier molecular flexibility index (Phi) is 4.24. The second kappa shape index (κ2) is 5.71. The molecule has 1 fully saturated rings. The van der Waals surface area contributed by atoms with Gasteiger partial charge in [-0.1, -0.05) is 13.8 Å². The number of nitrogens with two attached hydrogens (primary N) is 1. The van der Waals surface area contributed by atoms with Crippen molar-refractivity contribution in [2.24, 2.45) is 5.92 Å². The quantitative estimate of drug-likeness (QED) is 0.818. The predicted octanol–water partition coefficient (Wildman–Crippen LogP) is 0.947. The smallest absolute Gasteiger partial charge is 0.0862 e. The molecule has 3 N–H and O–H groups in total. The SMILES string of the molecule is CC(C)C1CCCN1CC(O)Cn1cc(N)cn1. The summed E-state index contributed by atoms with van der Waals surface area (Å²) in [6, 6.07) is 0.613. The molecule has 0 spiro atoms. The van der Waals surface area contributed by atoms with Crippen LogP contribution in [0.5, 0.6) is 0 Å². The summed E-state index contributed by atoms with van der Waals surface area (Å²) >= 11 is 0. The minimum Gasteiger partial charge on any atom is -0.396 e. The van der Waals surface area contributed by atoms with Crippen LogP contribution in [0.1, 0.15) is 26.7 Å². The van der Waals surface area contributed by atoms with Crippen molar-refractivity contribution in [2.45, 2.75) is 45.4 Å². The fraction of sp³-hybridized carbons (Fsp3) is 0.769. The summed E-state index contributed by atoms with van der Waals surface area (Å²) in [6.45, 7) is 6.84. The van der Waals surface area contributed by atoms with E-state index in [0.29, 0.717) is 24.2 Å². The number of likely N-dealkylation sites (tertiary alicyclic amines) is 1. The molecule has 1 aromatic heterocycles. The van der Waals surface area contributed by atoms with Crippen LogP contribution in [0.4, 0.5) is 5.69 Å². The van der Waals surface area contributed by atoms with Gasteiger partial charge < -0.3 is 10.8 Å². The lowest BCUT2D eigenvalue weighted by molar-refractivity contribution is 0.0793. The van der Waals surface area contributed by atoms with Crippen LogP contribution < -0.4 is 5.73 Å². The molecule has 2 atom stereocenters. The van der Waals surface area contributed by atoms with Crippen molar-refractivity contribution in [3.05, 3.63) is 12.4 Å². The topological polar surface area (TPSA) is 67.3 Å². The summed E-state index contributed by atoms with van der Waals surface area (Å²) in [5.41, 5.74) is 6.25. The second-order valence-electron chi connectivity index (χ2n) is 5.60. The molecule has 2 heterocycles. The largest absolute Gasteiger partial charge is 0.396 e. The first-order chi connectivity index (χ1) is 8.56. The van der Waals surface area contributed by atoms with Crippen LogP contribution >= 0.6 is 0 Å². The molecule has 1 aliphatic heterocycles. The molecule has 18 heavy (non-hydrogen) atoms. The van der Waals surface area contributed by atoms with Gasteiger partial charge in [-0.15, -0.1) is 0 Å². The third-order valence-electron chi connectivity index (χ3n) is 3.68. The first kappa shape index (κ1) is 13.4. The van der Waals surface area contributed by atoms with E-state index in [9.17, 15) is 5.11 Å². The Morgan fingerprint density at radius 3 is 2.89 bits per heavy atom. The van der Waals surface area contributed by atoms with Crippen LogP contribution in [0.15, 0.2) is 12.4 Å². The number of hydrogen-bond donors (Lipinski definition) is 2. The van der Waals surface area contributed by atoms with E-state index in [1.54, 1.807) is 17.1 Å². The zero-order chi connectivity index (χ0) is 13.1. The van der Waals surface area contributed by atoms with Crippen molar-refractivity contribution in [3.63, 3.8) is 0 Å². The highest BCUT2D eigenvalue weighted by Crippen LogP contribution is 2.23. The molecule has 5 heteroatoms. The monoisotopic (exact) mass is 252 g/mol. The number of aromatic nitrogens is 2. The normalized spacial score (nSPS) is 22.8. The van der Waals surface area contributed by atoms with Crippen molar-refractivity contribution in [3.8, 4) is 0 Å². The summed E-state index contributed by atoms with van der Waals surface area (Å²) in [4.78, 5) is 2.40. The minimum atomic E-state index is -0.386. The van der Waals surface area contributed by atoms with Gasteiger partial charge in [-0.25, -0.2) is 0 Å². The predicted molar refractivity (Wildman–Crippen MR) is 72.1 cm³/mol. The molecule has 0 amide bonds. The highest BCUT2D eigenvalue weighted by atomic mass is 16.3. The van der Waals surface area contributed by atoms with E-state index in [2.05, 4.69) is 23.8 Å². The van der Waals surface area contributed by atoms with Gasteiger partial charge in [0.1, 0.15) is 0 Å². The van der Waals surface area contributed by atoms with E-state index in [0.717, 1.165) is 13.1 Å². The molecule has 2 unspecified atom stereocenters. The van der Waals surface area contributed by atoms with Gasteiger partial charge in [0.25, 0.3) is 0 Å². The average molecular weight is 252 g/mol. The molecule has 102 valence electrons. The number of β-amino-alcohol motifs (C(OH)–C–C–N with tert-alkyl or cyclic N) is 1. The Morgan fingerprint density at radius 2 is 2.28 bits per heavy atom. The Morgan fingerprint density at radius 1 is 1.50 bits per heavy atom. The summed E-state index contributed by atoms with van der Waals surface area (Å²) in [5, 5.41) is 14.2. The van der Waals surface area contributed by atoms with Gasteiger partial charge in [0.2, 0.25) is 0 Å². The van der Waals surface area contributed by atoms with Crippen molar-refractivity contribution in [1.82, 2.24) is 14.7 Å². The molecular weight excluding hydrogens is 228 g/mol. The fourth-order valence-corrected chi connectivity index (χ4v) is 2.86. The minimum absolute atomic E-state index is 0.386. The van der Waals surface area contributed by atoms with Crippen molar-refractivity contribution >= 4 is 5.69 Å². The number of anilines is 1. The maximum Gasteiger partial charge on any atom is 0.0862 e. The van der Waals surface area contributed by atoms with E-state index in [1.807, 2.05) is 0 Å². The first-order valence-electron chi connectivity index (χ1n) is 6.76. The Labute approximate surface area is 109 Å². The van der Waals surface area contributed by atoms with Gasteiger partial charge in [0.15, 0.2) is 0 Å². The molecule has 0 saturated carbocycles. The van der Waals surface area contributed by atoms with Crippen LogP contribution in [-0.4, -0.2) is 45.0 Å². The standard InChI is InChI=1S/C13H24N4O/c1-10(2)13-4-3-5-16(13)8-12(18)9-17-7-11(14)6-15-17/h6-7,10,12-13,18H,3-5,8-9,14H2,1-2H3. The van der Waals surface area contributed by atoms with Gasteiger partial charge in [-0.2, -0.15) is 5.10 Å². The Bertz CT molecular complexity index is 377. The van der Waals surface area contributed by atoms with Crippen LogP contribution in [-0.2, 0) is 6.54 Å². The molecular formula is C13H24N4O. The molecule has 0 aliphatic carbocycles. The molecule has 0 bridgehead atoms. The van der Waals surface area contributed by atoms with Crippen molar-refractivity contribution in [2.75, 3.05) is 18.8 Å². The first-order valence-corrected chi connectivity index (χ1v) is 6.76. The second-order valence-corrected chi connectivity index (χ2v) is 5.60. The number of aliphatic hydroxyl groups excluding tert-OH is 1. The van der Waals surface area contributed by atoms with Gasteiger partial charge >= 0.3 is 0 Å². The Balaban J connectivity index is 1.85. The van der Waals surface area contributed by atoms with E-state index in [-0.39, 0.29) is 6.10 Å². The molecule has 1 saturated heterocycles. The lowest BCUT2D eigenvalue weighted by Gasteiger charge is -2.29. The highest BCUT2D eigenvalue weighted by molar-refractivity contribution is 5.30. The summed E-state index contributed by atoms with van der Waals surface area (Å²) in [7, 11) is 0. The highest BCUT2D eigenvalue weighted by Gasteiger charge is 2.28. The van der Waals surface area contributed by atoms with Crippen LogP contribution in [0.25, 0.3) is 0 Å². The molecule has 0 radical (unpaired) electrons. The van der Waals surface area contributed by atoms with Crippen LogP contribution in [0.3, 0.4) is 0 Å². The lowest BCUT2D eigenvalue weighted by atomic mass is 10.0. The molecule has 5 nitrogen and oxygen atoms in total. The molecule has 1 aliphatic rings. The van der Waals surface area contributed by atoms with Crippen molar-refractivity contribution in [1.29, 1.82) is 0 Å². The maximum atomic E-state index is 10.1. The van der Waals surface area contributed by atoms with Gasteiger partial charge in [-0.3, -0.25) is 9.58 Å². The number of nitrogens with zero attached hydrogens (tertiary/aromatic N) is 3.